The van der Waals surface area contributed by atoms with E-state index in [0.717, 1.165) is 11.2 Å². The first kappa shape index (κ1) is 15.1. The monoisotopic (exact) mass is 288 g/mol. The molecule has 2 aromatic rings. The Balaban J connectivity index is 2.32. The predicted molar refractivity (Wildman–Crippen MR) is 83.9 cm³/mol. The molecule has 1 heterocycles. The highest BCUT2D eigenvalue weighted by Crippen LogP contribution is 2.18. The summed E-state index contributed by atoms with van der Waals surface area (Å²) in [6.07, 6.45) is 0.670. The number of H-pyrrole nitrogens is 1. The molecule has 0 aliphatic carbocycles. The van der Waals surface area contributed by atoms with Crippen molar-refractivity contribution in [1.29, 1.82) is 0 Å². The van der Waals surface area contributed by atoms with Crippen LogP contribution in [0.25, 0.3) is 10.8 Å². The Bertz CT molecular complexity index is 691. The lowest BCUT2D eigenvalue weighted by molar-refractivity contribution is -0.137. The van der Waals surface area contributed by atoms with Crippen LogP contribution in [0, 0.1) is 0 Å². The average molecular weight is 288 g/mol. The number of nitrogens with one attached hydrogen (secondary N) is 1. The molecular weight excluding hydrogens is 268 g/mol. The van der Waals surface area contributed by atoms with Gasteiger partial charge in [-0.2, -0.15) is 0 Å². The third kappa shape index (κ3) is 3.62. The van der Waals surface area contributed by atoms with Gasteiger partial charge in [0, 0.05) is 24.4 Å². The summed E-state index contributed by atoms with van der Waals surface area (Å²) in [5.41, 5.74) is -0.119. The number of aromatic amines is 1. The van der Waals surface area contributed by atoms with E-state index in [1.165, 1.54) is 0 Å². The Morgan fingerprint density at radius 2 is 2.05 bits per heavy atom. The first-order valence-corrected chi connectivity index (χ1v) is 7.09. The molecule has 0 saturated carbocycles. The van der Waals surface area contributed by atoms with Crippen molar-refractivity contribution in [2.45, 2.75) is 32.7 Å². The maximum atomic E-state index is 12.1. The van der Waals surface area contributed by atoms with Gasteiger partial charge >= 0.3 is 5.97 Å². The van der Waals surface area contributed by atoms with Crippen molar-refractivity contribution in [1.82, 2.24) is 4.98 Å². The second kappa shape index (κ2) is 6.43. The summed E-state index contributed by atoms with van der Waals surface area (Å²) >= 11 is 0. The molecule has 2 N–H and O–H groups in total. The van der Waals surface area contributed by atoms with Crippen LogP contribution in [0.1, 0.15) is 26.7 Å². The molecule has 0 bridgehead atoms. The number of nitrogens with zero attached hydrogens (tertiary/aromatic N) is 1. The lowest BCUT2D eigenvalue weighted by Gasteiger charge is -2.28. The highest BCUT2D eigenvalue weighted by molar-refractivity contribution is 5.83. The number of hydrogen-bond donors (Lipinski definition) is 2. The van der Waals surface area contributed by atoms with E-state index < -0.39 is 5.97 Å². The van der Waals surface area contributed by atoms with Gasteiger partial charge in [-0.25, -0.2) is 0 Å². The molecule has 21 heavy (non-hydrogen) atoms. The molecule has 1 aromatic heterocycles. The molecule has 0 radical (unpaired) electrons. The molecule has 2 rings (SSSR count). The summed E-state index contributed by atoms with van der Waals surface area (Å²) < 4.78 is 0. The van der Waals surface area contributed by atoms with E-state index in [0.29, 0.717) is 18.4 Å². The van der Waals surface area contributed by atoms with E-state index in [-0.39, 0.29) is 18.0 Å². The van der Waals surface area contributed by atoms with Crippen molar-refractivity contribution in [2.24, 2.45) is 0 Å². The first-order valence-electron chi connectivity index (χ1n) is 7.09. The van der Waals surface area contributed by atoms with Crippen LogP contribution in [0.15, 0.2) is 35.1 Å². The second-order valence-electron chi connectivity index (χ2n) is 5.36. The predicted octanol–water partition coefficient (Wildman–Crippen LogP) is 2.61. The van der Waals surface area contributed by atoms with Crippen LogP contribution < -0.4 is 10.5 Å². The van der Waals surface area contributed by atoms with E-state index in [4.69, 9.17) is 5.11 Å². The lowest BCUT2D eigenvalue weighted by atomic mass is 10.1. The molecule has 1 aromatic carbocycles. The van der Waals surface area contributed by atoms with Crippen molar-refractivity contribution in [3.05, 3.63) is 40.7 Å². The molecule has 0 unspecified atom stereocenters. The minimum atomic E-state index is -0.800. The SMILES string of the molecule is CC(C)N(CCCC(=O)O)c1cc2ccccc2c(=O)[nH]1. The molecule has 0 fully saturated rings. The largest absolute Gasteiger partial charge is 0.481 e. The van der Waals surface area contributed by atoms with E-state index in [1.54, 1.807) is 6.07 Å². The minimum Gasteiger partial charge on any atom is -0.481 e. The standard InChI is InChI=1S/C16H20N2O3/c1-11(2)18(9-5-8-15(19)20)14-10-12-6-3-4-7-13(12)16(21)17-14/h3-4,6-7,10-11H,5,8-9H2,1-2H3,(H,17,21)(H,19,20). The third-order valence-electron chi connectivity index (χ3n) is 3.46. The number of carbonyl (C=O) groups is 1. The molecular formula is C16H20N2O3. The summed E-state index contributed by atoms with van der Waals surface area (Å²) in [6, 6.07) is 9.55. The number of benzene rings is 1. The van der Waals surface area contributed by atoms with Crippen LogP contribution in [0.2, 0.25) is 0 Å². The molecule has 0 aliphatic rings. The normalized spacial score (nSPS) is 11.0. The van der Waals surface area contributed by atoms with Gasteiger partial charge in [-0.15, -0.1) is 0 Å². The Kier molecular flexibility index (Phi) is 4.62. The molecule has 0 saturated heterocycles. The van der Waals surface area contributed by atoms with Gasteiger partial charge < -0.3 is 15.0 Å². The van der Waals surface area contributed by atoms with Crippen LogP contribution in [0.4, 0.5) is 5.82 Å². The summed E-state index contributed by atoms with van der Waals surface area (Å²) in [4.78, 5) is 27.7. The minimum absolute atomic E-state index is 0.119. The maximum Gasteiger partial charge on any atom is 0.303 e. The van der Waals surface area contributed by atoms with Gasteiger partial charge in [0.25, 0.3) is 5.56 Å². The van der Waals surface area contributed by atoms with Crippen molar-refractivity contribution >= 4 is 22.6 Å². The zero-order chi connectivity index (χ0) is 15.4. The number of hydrogen-bond acceptors (Lipinski definition) is 3. The van der Waals surface area contributed by atoms with Gasteiger partial charge in [0.15, 0.2) is 0 Å². The molecule has 0 spiro atoms. The quantitative estimate of drug-likeness (QED) is 0.857. The Morgan fingerprint density at radius 1 is 1.33 bits per heavy atom. The van der Waals surface area contributed by atoms with Gasteiger partial charge in [0.05, 0.1) is 0 Å². The number of carboxylic acid groups (broad SMARTS) is 1. The van der Waals surface area contributed by atoms with Crippen molar-refractivity contribution < 1.29 is 9.90 Å². The van der Waals surface area contributed by atoms with Crippen molar-refractivity contribution in [3.8, 4) is 0 Å². The summed E-state index contributed by atoms with van der Waals surface area (Å²) in [6.45, 7) is 4.64. The van der Waals surface area contributed by atoms with E-state index >= 15 is 0 Å². The van der Waals surface area contributed by atoms with Gasteiger partial charge in [-0.05, 0) is 37.8 Å². The van der Waals surface area contributed by atoms with Gasteiger partial charge in [0.2, 0.25) is 0 Å². The number of aliphatic carboxylic acids is 1. The molecule has 0 amide bonds. The van der Waals surface area contributed by atoms with Crippen LogP contribution in [-0.2, 0) is 4.79 Å². The number of rotatable bonds is 6. The number of carboxylic acids is 1. The number of pyridine rings is 1. The number of fused-ring (bicyclic) bond motifs is 1. The topological polar surface area (TPSA) is 73.4 Å². The first-order chi connectivity index (χ1) is 9.99. The second-order valence-corrected chi connectivity index (χ2v) is 5.36. The summed E-state index contributed by atoms with van der Waals surface area (Å²) in [5.74, 6) is -0.0650. The Morgan fingerprint density at radius 3 is 2.71 bits per heavy atom. The zero-order valence-corrected chi connectivity index (χ0v) is 12.3. The fourth-order valence-electron chi connectivity index (χ4n) is 2.41. The zero-order valence-electron chi connectivity index (χ0n) is 12.3. The van der Waals surface area contributed by atoms with Crippen LogP contribution in [0.3, 0.4) is 0 Å². The Hall–Kier alpha value is -2.30. The number of anilines is 1. The van der Waals surface area contributed by atoms with Gasteiger partial charge in [-0.3, -0.25) is 9.59 Å². The van der Waals surface area contributed by atoms with Gasteiger partial charge in [0.1, 0.15) is 5.82 Å². The van der Waals surface area contributed by atoms with E-state index in [1.807, 2.05) is 43.0 Å². The third-order valence-corrected chi connectivity index (χ3v) is 3.46. The smallest absolute Gasteiger partial charge is 0.303 e. The fraction of sp³-hybridized carbons (Fsp3) is 0.375. The lowest BCUT2D eigenvalue weighted by Crippen LogP contribution is -2.34. The molecule has 0 aliphatic heterocycles. The Labute approximate surface area is 123 Å². The van der Waals surface area contributed by atoms with E-state index in [2.05, 4.69) is 4.98 Å². The molecule has 0 atom stereocenters. The van der Waals surface area contributed by atoms with E-state index in [9.17, 15) is 9.59 Å². The number of aromatic nitrogens is 1. The van der Waals surface area contributed by atoms with Crippen LogP contribution in [0.5, 0.6) is 0 Å². The summed E-state index contributed by atoms with van der Waals surface area (Å²) in [7, 11) is 0. The highest BCUT2D eigenvalue weighted by atomic mass is 16.4. The average Bonchev–Trinajstić information content (AvgIpc) is 2.43. The van der Waals surface area contributed by atoms with Crippen LogP contribution >= 0.6 is 0 Å². The molecule has 112 valence electrons. The highest BCUT2D eigenvalue weighted by Gasteiger charge is 2.13. The van der Waals surface area contributed by atoms with Crippen LogP contribution in [-0.4, -0.2) is 28.6 Å². The van der Waals surface area contributed by atoms with Gasteiger partial charge in [-0.1, -0.05) is 18.2 Å². The van der Waals surface area contributed by atoms with Crippen molar-refractivity contribution in [2.75, 3.05) is 11.4 Å². The molecule has 5 heteroatoms. The fourth-order valence-corrected chi connectivity index (χ4v) is 2.41. The maximum absolute atomic E-state index is 12.1. The van der Waals surface area contributed by atoms with Crippen molar-refractivity contribution in [3.63, 3.8) is 0 Å². The summed E-state index contributed by atoms with van der Waals surface area (Å²) in [5, 5.41) is 10.3. The molecule has 5 nitrogen and oxygen atoms in total.